The minimum absolute atomic E-state index is 0.343. The van der Waals surface area contributed by atoms with Crippen LogP contribution in [0.25, 0.3) is 0 Å². The molecule has 0 radical (unpaired) electrons. The van der Waals surface area contributed by atoms with E-state index in [1.54, 1.807) is 32.9 Å². The molecule has 0 heterocycles. The zero-order valence-corrected chi connectivity index (χ0v) is 13.6. The van der Waals surface area contributed by atoms with Crippen molar-refractivity contribution in [2.24, 2.45) is 0 Å². The maximum Gasteiger partial charge on any atom is 0.410 e. The number of carbonyl (C=O) groups excluding carboxylic acids is 2. The third-order valence-corrected chi connectivity index (χ3v) is 2.92. The van der Waals surface area contributed by atoms with Gasteiger partial charge < -0.3 is 4.74 Å². The standard InChI is InChI=1S/C14H19BrN2O3/c1-14(2,3)20-13(19)17(4)11(12(18)16-15)10-8-6-5-7-9-10/h5-9,11H,1-4H3,(H,16,18)/t11-/m0/s1. The normalized spacial score (nSPS) is 12.4. The molecule has 110 valence electrons. The van der Waals surface area contributed by atoms with Crippen LogP contribution < -0.4 is 4.34 Å². The Morgan fingerprint density at radius 3 is 2.25 bits per heavy atom. The van der Waals surface area contributed by atoms with Crippen LogP contribution >= 0.6 is 16.1 Å². The van der Waals surface area contributed by atoms with Crippen molar-refractivity contribution in [3.05, 3.63) is 35.9 Å². The molecule has 6 heteroatoms. The van der Waals surface area contributed by atoms with Crippen molar-refractivity contribution in [1.82, 2.24) is 9.24 Å². The molecule has 1 aromatic rings. The van der Waals surface area contributed by atoms with Gasteiger partial charge in [-0.3, -0.25) is 14.0 Å². The topological polar surface area (TPSA) is 58.6 Å². The number of amides is 2. The SMILES string of the molecule is CN(C(=O)OC(C)(C)C)[C@H](C(=O)NBr)c1ccccc1. The maximum absolute atomic E-state index is 12.1. The number of rotatable bonds is 3. The van der Waals surface area contributed by atoms with Gasteiger partial charge in [0.05, 0.1) is 0 Å². The van der Waals surface area contributed by atoms with E-state index in [0.29, 0.717) is 5.56 Å². The van der Waals surface area contributed by atoms with Crippen LogP contribution in [0.4, 0.5) is 4.79 Å². The highest BCUT2D eigenvalue weighted by atomic mass is 79.9. The lowest BCUT2D eigenvalue weighted by Gasteiger charge is -2.29. The molecule has 0 aliphatic heterocycles. The van der Waals surface area contributed by atoms with E-state index in [4.69, 9.17) is 4.74 Å². The van der Waals surface area contributed by atoms with E-state index in [2.05, 4.69) is 20.5 Å². The number of benzene rings is 1. The first kappa shape index (κ1) is 16.5. The molecular weight excluding hydrogens is 324 g/mol. The van der Waals surface area contributed by atoms with Crippen LogP contribution in [0, 0.1) is 0 Å². The highest BCUT2D eigenvalue weighted by Crippen LogP contribution is 2.22. The largest absolute Gasteiger partial charge is 0.444 e. The van der Waals surface area contributed by atoms with E-state index in [-0.39, 0.29) is 5.91 Å². The Bertz CT molecular complexity index is 471. The molecule has 5 nitrogen and oxygen atoms in total. The number of halogens is 1. The third kappa shape index (κ3) is 4.52. The van der Waals surface area contributed by atoms with Gasteiger partial charge in [0.15, 0.2) is 0 Å². The highest BCUT2D eigenvalue weighted by molar-refractivity contribution is 9.08. The zero-order valence-electron chi connectivity index (χ0n) is 12.0. The molecule has 0 aromatic heterocycles. The van der Waals surface area contributed by atoms with E-state index in [1.807, 2.05) is 18.2 Å². The highest BCUT2D eigenvalue weighted by Gasteiger charge is 2.31. The zero-order chi connectivity index (χ0) is 15.3. The Morgan fingerprint density at radius 2 is 1.80 bits per heavy atom. The molecule has 20 heavy (non-hydrogen) atoms. The van der Waals surface area contributed by atoms with Gasteiger partial charge in [-0.1, -0.05) is 30.3 Å². The van der Waals surface area contributed by atoms with E-state index in [1.165, 1.54) is 11.9 Å². The fourth-order valence-corrected chi connectivity index (χ4v) is 1.89. The monoisotopic (exact) mass is 342 g/mol. The lowest BCUT2D eigenvalue weighted by atomic mass is 10.1. The number of likely N-dealkylation sites (N-methyl/N-ethyl adjacent to an activating group) is 1. The van der Waals surface area contributed by atoms with Crippen molar-refractivity contribution in [2.45, 2.75) is 32.4 Å². The molecule has 2 amide bonds. The molecule has 0 saturated heterocycles. The molecule has 1 aromatic carbocycles. The van der Waals surface area contributed by atoms with Crippen molar-refractivity contribution in [1.29, 1.82) is 0 Å². The second-order valence-electron chi connectivity index (χ2n) is 5.36. The first-order valence-electron chi connectivity index (χ1n) is 6.17. The van der Waals surface area contributed by atoms with Gasteiger partial charge in [0.1, 0.15) is 11.6 Å². The van der Waals surface area contributed by atoms with Crippen molar-refractivity contribution >= 4 is 28.1 Å². The van der Waals surface area contributed by atoms with E-state index < -0.39 is 17.7 Å². The Kier molecular flexibility index (Phi) is 5.56. The van der Waals surface area contributed by atoms with Gasteiger partial charge in [-0.05, 0) is 26.3 Å². The predicted molar refractivity (Wildman–Crippen MR) is 80.2 cm³/mol. The Hall–Kier alpha value is -1.56. The smallest absolute Gasteiger partial charge is 0.410 e. The van der Waals surface area contributed by atoms with Crippen LogP contribution in [0.1, 0.15) is 32.4 Å². The molecule has 1 rings (SSSR count). The van der Waals surface area contributed by atoms with Gasteiger partial charge >= 0.3 is 6.09 Å². The molecule has 0 aliphatic carbocycles. The molecule has 1 N–H and O–H groups in total. The van der Waals surface area contributed by atoms with Crippen molar-refractivity contribution in [2.75, 3.05) is 7.05 Å². The summed E-state index contributed by atoms with van der Waals surface area (Å²) in [7, 11) is 1.54. The summed E-state index contributed by atoms with van der Waals surface area (Å²) in [5.41, 5.74) is 0.0927. The quantitative estimate of drug-likeness (QED) is 0.859. The van der Waals surface area contributed by atoms with E-state index >= 15 is 0 Å². The summed E-state index contributed by atoms with van der Waals surface area (Å²) in [4.78, 5) is 25.4. The Labute approximate surface area is 127 Å². The van der Waals surface area contributed by atoms with Crippen LogP contribution in [0.15, 0.2) is 30.3 Å². The number of carbonyl (C=O) groups is 2. The van der Waals surface area contributed by atoms with Crippen LogP contribution in [0.2, 0.25) is 0 Å². The number of ether oxygens (including phenoxy) is 1. The summed E-state index contributed by atoms with van der Waals surface area (Å²) in [5, 5.41) is 0. The van der Waals surface area contributed by atoms with Gasteiger partial charge in [-0.2, -0.15) is 0 Å². The van der Waals surface area contributed by atoms with Gasteiger partial charge in [0.25, 0.3) is 5.91 Å². The number of nitrogens with zero attached hydrogens (tertiary/aromatic N) is 1. The van der Waals surface area contributed by atoms with Gasteiger partial charge in [-0.25, -0.2) is 4.79 Å². The summed E-state index contributed by atoms with van der Waals surface area (Å²) in [5.74, 6) is -0.343. The van der Waals surface area contributed by atoms with E-state index in [0.717, 1.165) is 0 Å². The lowest BCUT2D eigenvalue weighted by molar-refractivity contribution is -0.124. The molecule has 1 atom stereocenters. The first-order valence-corrected chi connectivity index (χ1v) is 6.97. The number of nitrogens with one attached hydrogen (secondary N) is 1. The predicted octanol–water partition coefficient (Wildman–Crippen LogP) is 3.02. The Balaban J connectivity index is 3.00. The Morgan fingerprint density at radius 1 is 1.25 bits per heavy atom. The van der Waals surface area contributed by atoms with Crippen molar-refractivity contribution < 1.29 is 14.3 Å². The molecular formula is C14H19BrN2O3. The van der Waals surface area contributed by atoms with Crippen molar-refractivity contribution in [3.63, 3.8) is 0 Å². The average molecular weight is 343 g/mol. The summed E-state index contributed by atoms with van der Waals surface area (Å²) in [6.07, 6.45) is -0.553. The van der Waals surface area contributed by atoms with E-state index in [9.17, 15) is 9.59 Å². The van der Waals surface area contributed by atoms with Gasteiger partial charge in [0, 0.05) is 23.2 Å². The summed E-state index contributed by atoms with van der Waals surface area (Å²) >= 11 is 2.91. The summed E-state index contributed by atoms with van der Waals surface area (Å²) in [6.45, 7) is 5.34. The minimum atomic E-state index is -0.759. The van der Waals surface area contributed by atoms with Gasteiger partial charge in [-0.15, -0.1) is 0 Å². The van der Waals surface area contributed by atoms with Gasteiger partial charge in [0.2, 0.25) is 0 Å². The molecule has 0 fully saturated rings. The lowest BCUT2D eigenvalue weighted by Crippen LogP contribution is -2.41. The van der Waals surface area contributed by atoms with Crippen LogP contribution in [-0.4, -0.2) is 29.5 Å². The fourth-order valence-electron chi connectivity index (χ4n) is 1.68. The number of hydrogen-bond donors (Lipinski definition) is 1. The minimum Gasteiger partial charge on any atom is -0.444 e. The molecule has 0 saturated carbocycles. The van der Waals surface area contributed by atoms with Crippen molar-refractivity contribution in [3.8, 4) is 0 Å². The fraction of sp³-hybridized carbons (Fsp3) is 0.429. The second-order valence-corrected chi connectivity index (χ2v) is 5.76. The number of hydrogen-bond acceptors (Lipinski definition) is 3. The van der Waals surface area contributed by atoms with Crippen LogP contribution in [-0.2, 0) is 9.53 Å². The maximum atomic E-state index is 12.1. The molecule has 0 bridgehead atoms. The molecule has 0 unspecified atom stereocenters. The summed E-state index contributed by atoms with van der Waals surface area (Å²) < 4.78 is 7.67. The van der Waals surface area contributed by atoms with Crippen LogP contribution in [0.5, 0.6) is 0 Å². The third-order valence-electron chi connectivity index (χ3n) is 2.53. The molecule has 0 spiro atoms. The second kappa shape index (κ2) is 6.74. The molecule has 0 aliphatic rings. The first-order chi connectivity index (χ1) is 9.26. The summed E-state index contributed by atoms with van der Waals surface area (Å²) in [6, 6.07) is 8.28. The average Bonchev–Trinajstić information content (AvgIpc) is 2.37. The van der Waals surface area contributed by atoms with Crippen LogP contribution in [0.3, 0.4) is 0 Å².